The first-order valence-corrected chi connectivity index (χ1v) is 7.60. The van der Waals surface area contributed by atoms with Crippen LogP contribution in [0.25, 0.3) is 0 Å². The topological polar surface area (TPSA) is 82.3 Å². The number of aryl methyl sites for hydroxylation is 2. The molecule has 0 saturated carbocycles. The van der Waals surface area contributed by atoms with Crippen LogP contribution in [0.5, 0.6) is 0 Å². The summed E-state index contributed by atoms with van der Waals surface area (Å²) in [5.74, 6) is 0. The average molecular weight is 306 g/mol. The fraction of sp³-hybridized carbons (Fsp3) is 0.500. The van der Waals surface area contributed by atoms with Crippen molar-refractivity contribution in [3.63, 3.8) is 0 Å². The zero-order valence-corrected chi connectivity index (χ0v) is 13.8. The lowest BCUT2D eigenvalue weighted by atomic mass is 10.00. The zero-order valence-electron chi connectivity index (χ0n) is 13.8. The molecule has 4 N–H and O–H groups in total. The van der Waals surface area contributed by atoms with E-state index in [1.54, 1.807) is 0 Å². The van der Waals surface area contributed by atoms with Crippen molar-refractivity contribution in [3.05, 3.63) is 34.4 Å². The van der Waals surface area contributed by atoms with Crippen LogP contribution < -0.4 is 21.3 Å². The highest BCUT2D eigenvalue weighted by Gasteiger charge is 2.07. The van der Waals surface area contributed by atoms with Gasteiger partial charge in [-0.1, -0.05) is 12.1 Å². The molecule has 1 aromatic carbocycles. The first kappa shape index (κ1) is 17.8. The van der Waals surface area contributed by atoms with Crippen LogP contribution >= 0.6 is 0 Å². The van der Waals surface area contributed by atoms with Gasteiger partial charge in [-0.25, -0.2) is 9.59 Å². The van der Waals surface area contributed by atoms with Crippen molar-refractivity contribution in [2.75, 3.05) is 13.1 Å². The predicted octanol–water partition coefficient (Wildman–Crippen LogP) is 1.94. The fourth-order valence-corrected chi connectivity index (χ4v) is 2.13. The number of hydrogen-bond donors (Lipinski definition) is 4. The molecule has 0 aliphatic heterocycles. The van der Waals surface area contributed by atoms with E-state index < -0.39 is 0 Å². The number of nitrogens with one attached hydrogen (secondary N) is 4. The summed E-state index contributed by atoms with van der Waals surface area (Å²) in [5.41, 5.74) is 4.33. The van der Waals surface area contributed by atoms with Gasteiger partial charge in [-0.2, -0.15) is 0 Å². The fourth-order valence-electron chi connectivity index (χ4n) is 2.13. The molecule has 0 aliphatic rings. The van der Waals surface area contributed by atoms with E-state index in [4.69, 9.17) is 0 Å². The Balaban J connectivity index is 2.72. The minimum atomic E-state index is -0.176. The standard InChI is InChI=1S/C16H26N4O2/c1-5-17-15(21)19-9-13-8-14(12(4)7-11(13)3)10-20-16(22)18-6-2/h7-8H,5-6,9-10H2,1-4H3,(H2,17,19,21)(H2,18,20,22). The molecule has 22 heavy (non-hydrogen) atoms. The van der Waals surface area contributed by atoms with Crippen molar-refractivity contribution >= 4 is 12.1 Å². The number of urea groups is 2. The molecule has 6 nitrogen and oxygen atoms in total. The summed E-state index contributed by atoms with van der Waals surface area (Å²) < 4.78 is 0. The Morgan fingerprint density at radius 2 is 1.18 bits per heavy atom. The SMILES string of the molecule is CCNC(=O)NCc1cc(CNC(=O)NCC)c(C)cc1C. The molecule has 0 bridgehead atoms. The molecule has 0 radical (unpaired) electrons. The number of hydrogen-bond acceptors (Lipinski definition) is 2. The van der Waals surface area contributed by atoms with E-state index in [0.29, 0.717) is 26.2 Å². The van der Waals surface area contributed by atoms with E-state index in [0.717, 1.165) is 22.3 Å². The Morgan fingerprint density at radius 3 is 1.55 bits per heavy atom. The van der Waals surface area contributed by atoms with Gasteiger partial charge in [-0.05, 0) is 49.9 Å². The van der Waals surface area contributed by atoms with Crippen LogP contribution in [0.4, 0.5) is 9.59 Å². The van der Waals surface area contributed by atoms with Gasteiger partial charge < -0.3 is 21.3 Å². The van der Waals surface area contributed by atoms with Crippen LogP contribution in [0.3, 0.4) is 0 Å². The maximum atomic E-state index is 11.5. The van der Waals surface area contributed by atoms with Crippen LogP contribution in [-0.4, -0.2) is 25.2 Å². The second kappa shape index (κ2) is 8.92. The molecular weight excluding hydrogens is 280 g/mol. The maximum Gasteiger partial charge on any atom is 0.315 e. The number of amides is 4. The summed E-state index contributed by atoms with van der Waals surface area (Å²) in [4.78, 5) is 23.0. The van der Waals surface area contributed by atoms with Crippen molar-refractivity contribution in [2.45, 2.75) is 40.8 Å². The monoisotopic (exact) mass is 306 g/mol. The van der Waals surface area contributed by atoms with Gasteiger partial charge in [0.2, 0.25) is 0 Å². The molecule has 122 valence electrons. The minimum Gasteiger partial charge on any atom is -0.338 e. The van der Waals surface area contributed by atoms with Crippen LogP contribution in [-0.2, 0) is 13.1 Å². The zero-order chi connectivity index (χ0) is 16.5. The van der Waals surface area contributed by atoms with Gasteiger partial charge >= 0.3 is 12.1 Å². The molecule has 4 amide bonds. The third-order valence-corrected chi connectivity index (χ3v) is 3.35. The Kier molecular flexibility index (Phi) is 7.22. The molecule has 0 spiro atoms. The smallest absolute Gasteiger partial charge is 0.315 e. The lowest BCUT2D eigenvalue weighted by Gasteiger charge is -2.14. The largest absolute Gasteiger partial charge is 0.338 e. The molecule has 0 atom stereocenters. The normalized spacial score (nSPS) is 10.0. The highest BCUT2D eigenvalue weighted by Crippen LogP contribution is 2.16. The van der Waals surface area contributed by atoms with Crippen LogP contribution in [0.1, 0.15) is 36.1 Å². The molecular formula is C16H26N4O2. The molecule has 0 unspecified atom stereocenters. The van der Waals surface area contributed by atoms with Crippen LogP contribution in [0, 0.1) is 13.8 Å². The summed E-state index contributed by atoms with van der Waals surface area (Å²) in [6, 6.07) is 3.75. The number of carbonyl (C=O) groups is 2. The summed E-state index contributed by atoms with van der Waals surface area (Å²) >= 11 is 0. The second-order valence-corrected chi connectivity index (χ2v) is 5.13. The Hall–Kier alpha value is -2.24. The van der Waals surface area contributed by atoms with Crippen LogP contribution in [0.15, 0.2) is 12.1 Å². The lowest BCUT2D eigenvalue weighted by molar-refractivity contribution is 0.240. The highest BCUT2D eigenvalue weighted by atomic mass is 16.2. The molecule has 1 aromatic rings. The summed E-state index contributed by atoms with van der Waals surface area (Å²) in [7, 11) is 0. The molecule has 6 heteroatoms. The van der Waals surface area contributed by atoms with Gasteiger partial charge in [0.05, 0.1) is 0 Å². The minimum absolute atomic E-state index is 0.176. The first-order chi connectivity index (χ1) is 10.5. The molecule has 0 fully saturated rings. The third kappa shape index (κ3) is 5.63. The maximum absolute atomic E-state index is 11.5. The summed E-state index contributed by atoms with van der Waals surface area (Å²) in [6.07, 6.45) is 0. The van der Waals surface area contributed by atoms with Crippen molar-refractivity contribution in [2.24, 2.45) is 0 Å². The lowest BCUT2D eigenvalue weighted by Crippen LogP contribution is -2.35. The van der Waals surface area contributed by atoms with Crippen molar-refractivity contribution in [3.8, 4) is 0 Å². The predicted molar refractivity (Wildman–Crippen MR) is 87.7 cm³/mol. The molecule has 0 heterocycles. The molecule has 0 aromatic heterocycles. The van der Waals surface area contributed by atoms with Crippen molar-refractivity contribution in [1.29, 1.82) is 0 Å². The Bertz CT molecular complexity index is 486. The van der Waals surface area contributed by atoms with Crippen LogP contribution in [0.2, 0.25) is 0 Å². The quantitative estimate of drug-likeness (QED) is 0.648. The van der Waals surface area contributed by atoms with Gasteiger partial charge in [0.1, 0.15) is 0 Å². The van der Waals surface area contributed by atoms with E-state index in [2.05, 4.69) is 27.3 Å². The van der Waals surface area contributed by atoms with Crippen molar-refractivity contribution < 1.29 is 9.59 Å². The number of rotatable bonds is 6. The molecule has 0 aliphatic carbocycles. The molecule has 0 saturated heterocycles. The van der Waals surface area contributed by atoms with Crippen molar-refractivity contribution in [1.82, 2.24) is 21.3 Å². The highest BCUT2D eigenvalue weighted by molar-refractivity contribution is 5.74. The van der Waals surface area contributed by atoms with E-state index in [1.165, 1.54) is 0 Å². The van der Waals surface area contributed by atoms with Gasteiger partial charge in [0.25, 0.3) is 0 Å². The Morgan fingerprint density at radius 1 is 0.773 bits per heavy atom. The number of carbonyl (C=O) groups excluding carboxylic acids is 2. The van der Waals surface area contributed by atoms with Gasteiger partial charge in [0, 0.05) is 26.2 Å². The second-order valence-electron chi connectivity index (χ2n) is 5.13. The van der Waals surface area contributed by atoms with E-state index >= 15 is 0 Å². The van der Waals surface area contributed by atoms with Gasteiger partial charge in [-0.3, -0.25) is 0 Å². The summed E-state index contributed by atoms with van der Waals surface area (Å²) in [5, 5.41) is 11.0. The molecule has 1 rings (SSSR count). The van der Waals surface area contributed by atoms with E-state index in [-0.39, 0.29) is 12.1 Å². The first-order valence-electron chi connectivity index (χ1n) is 7.60. The summed E-state index contributed by atoms with van der Waals surface area (Å²) in [6.45, 7) is 9.91. The number of benzene rings is 1. The van der Waals surface area contributed by atoms with Gasteiger partial charge in [0.15, 0.2) is 0 Å². The Labute approximate surface area is 132 Å². The average Bonchev–Trinajstić information content (AvgIpc) is 2.46. The third-order valence-electron chi connectivity index (χ3n) is 3.35. The van der Waals surface area contributed by atoms with E-state index in [1.807, 2.05) is 33.8 Å². The van der Waals surface area contributed by atoms with E-state index in [9.17, 15) is 9.59 Å². The van der Waals surface area contributed by atoms with Gasteiger partial charge in [-0.15, -0.1) is 0 Å².